The third-order valence-electron chi connectivity index (χ3n) is 4.21. The van der Waals surface area contributed by atoms with Gasteiger partial charge in [0.2, 0.25) is 0 Å². The zero-order valence-electron chi connectivity index (χ0n) is 12.9. The zero-order chi connectivity index (χ0) is 14.2. The van der Waals surface area contributed by atoms with Gasteiger partial charge >= 0.3 is 0 Å². The van der Waals surface area contributed by atoms with E-state index in [4.69, 9.17) is 0 Å². The van der Waals surface area contributed by atoms with Crippen molar-refractivity contribution in [3.05, 3.63) is 35.9 Å². The van der Waals surface area contributed by atoms with Gasteiger partial charge < -0.3 is 0 Å². The number of piperidine rings is 1. The van der Waals surface area contributed by atoms with Crippen LogP contribution in [0.1, 0.15) is 51.5 Å². The topological polar surface area (TPSA) is 3.24 Å². The summed E-state index contributed by atoms with van der Waals surface area (Å²) in [6, 6.07) is 10.8. The molecule has 0 amide bonds. The highest BCUT2D eigenvalue weighted by Crippen LogP contribution is 2.20. The van der Waals surface area contributed by atoms with E-state index in [-0.39, 0.29) is 0 Å². The molecule has 2 atom stereocenters. The molecule has 0 aromatic heterocycles. The molecule has 1 heterocycles. The van der Waals surface area contributed by atoms with Gasteiger partial charge in [0, 0.05) is 5.56 Å². The summed E-state index contributed by atoms with van der Waals surface area (Å²) in [6.45, 7) is 7.08. The number of hydrogen-bond acceptors (Lipinski definition) is 1. The predicted molar refractivity (Wildman–Crippen MR) is 86.6 cm³/mol. The van der Waals surface area contributed by atoms with Gasteiger partial charge in [-0.25, -0.2) is 0 Å². The second-order valence-electron chi connectivity index (χ2n) is 5.94. The van der Waals surface area contributed by atoms with Crippen molar-refractivity contribution < 1.29 is 0 Å². The van der Waals surface area contributed by atoms with Crippen LogP contribution in [0.2, 0.25) is 0 Å². The van der Waals surface area contributed by atoms with Crippen molar-refractivity contribution in [1.82, 2.24) is 4.90 Å². The summed E-state index contributed by atoms with van der Waals surface area (Å²) in [5.41, 5.74) is 1.14. The van der Waals surface area contributed by atoms with E-state index in [9.17, 15) is 0 Å². The summed E-state index contributed by atoms with van der Waals surface area (Å²) >= 11 is 0. The summed E-state index contributed by atoms with van der Waals surface area (Å²) in [5, 5.41) is 0. The van der Waals surface area contributed by atoms with Crippen LogP contribution in [0.4, 0.5) is 0 Å². The van der Waals surface area contributed by atoms with Crippen LogP contribution in [0.15, 0.2) is 30.3 Å². The fourth-order valence-corrected chi connectivity index (χ4v) is 3.08. The van der Waals surface area contributed by atoms with E-state index in [1.165, 1.54) is 45.2 Å². The van der Waals surface area contributed by atoms with Crippen LogP contribution in [0.5, 0.6) is 0 Å². The normalized spacial score (nSPS) is 18.9. The van der Waals surface area contributed by atoms with Crippen LogP contribution < -0.4 is 0 Å². The Bertz CT molecular complexity index is 434. The maximum atomic E-state index is 3.57. The van der Waals surface area contributed by atoms with E-state index < -0.39 is 0 Å². The van der Waals surface area contributed by atoms with Gasteiger partial charge in [-0.05, 0) is 50.4 Å². The minimum atomic E-state index is 0.426. The molecule has 1 nitrogen and oxygen atoms in total. The van der Waals surface area contributed by atoms with Crippen molar-refractivity contribution in [1.29, 1.82) is 0 Å². The second kappa shape index (κ2) is 8.12. The summed E-state index contributed by atoms with van der Waals surface area (Å²) in [5.74, 6) is 7.62. The Hall–Kier alpha value is -1.26. The molecule has 0 spiro atoms. The van der Waals surface area contributed by atoms with Gasteiger partial charge in [-0.2, -0.15) is 0 Å². The third kappa shape index (κ3) is 4.39. The molecule has 1 aromatic carbocycles. The molecule has 1 aliphatic heterocycles. The highest BCUT2D eigenvalue weighted by atomic mass is 15.2. The maximum absolute atomic E-state index is 3.57. The summed E-state index contributed by atoms with van der Waals surface area (Å²) in [6.07, 6.45) is 6.57. The molecule has 0 aliphatic carbocycles. The summed E-state index contributed by atoms with van der Waals surface area (Å²) in [4.78, 5) is 2.61. The van der Waals surface area contributed by atoms with Crippen LogP contribution in [0.3, 0.4) is 0 Å². The van der Waals surface area contributed by atoms with Crippen LogP contribution in [-0.2, 0) is 0 Å². The number of nitrogens with zero attached hydrogens (tertiary/aromatic N) is 1. The number of likely N-dealkylation sites (tertiary alicyclic amines) is 1. The molecule has 1 fully saturated rings. The Morgan fingerprint density at radius 2 is 1.80 bits per heavy atom. The average Bonchev–Trinajstić information content (AvgIpc) is 2.50. The largest absolute Gasteiger partial charge is 0.290 e. The number of hydrogen-bond donors (Lipinski definition) is 0. The first-order valence-electron chi connectivity index (χ1n) is 8.12. The molecule has 1 aromatic rings. The third-order valence-corrected chi connectivity index (χ3v) is 4.21. The van der Waals surface area contributed by atoms with Gasteiger partial charge in [0.25, 0.3) is 0 Å². The average molecular weight is 269 g/mol. The van der Waals surface area contributed by atoms with Gasteiger partial charge in [-0.3, -0.25) is 4.90 Å². The van der Waals surface area contributed by atoms with Crippen LogP contribution in [-0.4, -0.2) is 24.0 Å². The molecular weight excluding hydrogens is 242 g/mol. The van der Waals surface area contributed by atoms with E-state index >= 15 is 0 Å². The lowest BCUT2D eigenvalue weighted by atomic mass is 9.94. The first-order chi connectivity index (χ1) is 9.81. The van der Waals surface area contributed by atoms with Crippen molar-refractivity contribution in [2.75, 3.05) is 13.1 Å². The number of benzene rings is 1. The van der Waals surface area contributed by atoms with Gasteiger partial charge in [-0.15, -0.1) is 0 Å². The Kier molecular flexibility index (Phi) is 6.15. The van der Waals surface area contributed by atoms with Gasteiger partial charge in [0.05, 0.1) is 6.04 Å². The lowest BCUT2D eigenvalue weighted by Crippen LogP contribution is -2.42. The maximum Gasteiger partial charge on any atom is 0.0744 e. The van der Waals surface area contributed by atoms with E-state index in [1.807, 2.05) is 6.07 Å². The fraction of sp³-hybridized carbons (Fsp3) is 0.579. The van der Waals surface area contributed by atoms with E-state index in [0.29, 0.717) is 12.0 Å². The highest BCUT2D eigenvalue weighted by molar-refractivity contribution is 5.35. The van der Waals surface area contributed by atoms with E-state index in [2.05, 4.69) is 54.9 Å². The quantitative estimate of drug-likeness (QED) is 0.735. The monoisotopic (exact) mass is 269 g/mol. The van der Waals surface area contributed by atoms with Crippen LogP contribution >= 0.6 is 0 Å². The molecule has 2 unspecified atom stereocenters. The van der Waals surface area contributed by atoms with Crippen molar-refractivity contribution in [3.63, 3.8) is 0 Å². The van der Waals surface area contributed by atoms with Crippen molar-refractivity contribution >= 4 is 0 Å². The van der Waals surface area contributed by atoms with Gasteiger partial charge in [0.15, 0.2) is 0 Å². The summed E-state index contributed by atoms with van der Waals surface area (Å²) < 4.78 is 0. The van der Waals surface area contributed by atoms with Gasteiger partial charge in [0.1, 0.15) is 0 Å². The van der Waals surface area contributed by atoms with Crippen molar-refractivity contribution in [2.24, 2.45) is 5.92 Å². The zero-order valence-corrected chi connectivity index (χ0v) is 12.9. The number of rotatable bonds is 4. The molecule has 1 heteroatoms. The minimum Gasteiger partial charge on any atom is -0.290 e. The highest BCUT2D eigenvalue weighted by Gasteiger charge is 2.23. The molecule has 0 bridgehead atoms. The van der Waals surface area contributed by atoms with Gasteiger partial charge in [-0.1, -0.05) is 56.7 Å². The molecule has 108 valence electrons. The van der Waals surface area contributed by atoms with E-state index in [1.54, 1.807) is 0 Å². The van der Waals surface area contributed by atoms with Crippen LogP contribution in [0, 0.1) is 17.8 Å². The molecule has 1 saturated heterocycles. The SMILES string of the molecule is CCCC(C)C(C#Cc1ccccc1)N1CCCCC1. The summed E-state index contributed by atoms with van der Waals surface area (Å²) in [7, 11) is 0. The Labute approximate surface area is 124 Å². The molecule has 0 N–H and O–H groups in total. The minimum absolute atomic E-state index is 0.426. The molecule has 1 aliphatic rings. The molecule has 0 radical (unpaired) electrons. The Morgan fingerprint density at radius 1 is 1.10 bits per heavy atom. The molecular formula is C19H27N. The fourth-order valence-electron chi connectivity index (χ4n) is 3.08. The predicted octanol–water partition coefficient (Wildman–Crippen LogP) is 4.33. The molecule has 2 rings (SSSR count). The standard InChI is InChI=1S/C19H27N/c1-3-10-17(2)19(20-15-8-5-9-16-20)14-13-18-11-6-4-7-12-18/h4,6-7,11-12,17,19H,3,5,8-10,15-16H2,1-2H3. The second-order valence-corrected chi connectivity index (χ2v) is 5.94. The first kappa shape index (κ1) is 15.1. The first-order valence-corrected chi connectivity index (χ1v) is 8.12. The van der Waals surface area contributed by atoms with E-state index in [0.717, 1.165) is 5.56 Å². The van der Waals surface area contributed by atoms with Crippen LogP contribution in [0.25, 0.3) is 0 Å². The Morgan fingerprint density at radius 3 is 2.45 bits per heavy atom. The lowest BCUT2D eigenvalue weighted by Gasteiger charge is -2.35. The Balaban J connectivity index is 2.11. The van der Waals surface area contributed by atoms with Crippen molar-refractivity contribution in [3.8, 4) is 11.8 Å². The smallest absolute Gasteiger partial charge is 0.0744 e. The molecule has 0 saturated carbocycles. The molecule has 20 heavy (non-hydrogen) atoms. The lowest BCUT2D eigenvalue weighted by molar-refractivity contribution is 0.155. The van der Waals surface area contributed by atoms with Crippen molar-refractivity contribution in [2.45, 2.75) is 52.0 Å².